The van der Waals surface area contributed by atoms with Crippen molar-refractivity contribution in [3.63, 3.8) is 0 Å². The molecule has 1 fully saturated rings. The number of hydrogen-bond donors (Lipinski definition) is 0. The number of nitrogens with zero attached hydrogens (tertiary/aromatic N) is 3. The summed E-state index contributed by atoms with van der Waals surface area (Å²) in [6.07, 6.45) is 8.36. The number of Topliss-reactive ketones (excluding diaryl/α,β-unsaturated/α-hetero) is 1. The Morgan fingerprint density at radius 2 is 1.88 bits per heavy atom. The van der Waals surface area contributed by atoms with Gasteiger partial charge < -0.3 is 14.2 Å². The number of ether oxygens (including phenoxy) is 3. The summed E-state index contributed by atoms with van der Waals surface area (Å²) in [5.41, 5.74) is 1.04. The zero-order valence-electron chi connectivity index (χ0n) is 23.6. The lowest BCUT2D eigenvalue weighted by atomic mass is 9.78. The monoisotopic (exact) mass is 551 g/mol. The van der Waals surface area contributed by atoms with Gasteiger partial charge in [-0.2, -0.15) is 0 Å². The third kappa shape index (κ3) is 6.92. The molecule has 1 aliphatic carbocycles. The minimum absolute atomic E-state index is 0.0474. The lowest BCUT2D eigenvalue weighted by molar-refractivity contribution is 0.0584. The fraction of sp³-hybridized carbons (Fsp3) is 0.516. The summed E-state index contributed by atoms with van der Waals surface area (Å²) >= 11 is 0. The number of esters is 1. The first-order chi connectivity index (χ1) is 19.3. The van der Waals surface area contributed by atoms with Gasteiger partial charge in [-0.1, -0.05) is 26.0 Å². The number of halogens is 1. The molecule has 0 radical (unpaired) electrons. The third-order valence-electron chi connectivity index (χ3n) is 8.15. The van der Waals surface area contributed by atoms with E-state index in [9.17, 15) is 14.0 Å². The van der Waals surface area contributed by atoms with Crippen molar-refractivity contribution in [2.45, 2.75) is 64.5 Å². The zero-order valence-corrected chi connectivity index (χ0v) is 23.6. The second kappa shape index (κ2) is 13.6. The highest BCUT2D eigenvalue weighted by Gasteiger charge is 2.34. The molecule has 5 unspecified atom stereocenters. The molecule has 9 heteroatoms. The molecule has 2 aromatic rings. The molecule has 8 nitrogen and oxygen atoms in total. The maximum atomic E-state index is 15.0. The minimum atomic E-state index is -0.577. The van der Waals surface area contributed by atoms with E-state index in [1.54, 1.807) is 30.6 Å². The van der Waals surface area contributed by atoms with Crippen LogP contribution in [0.3, 0.4) is 0 Å². The van der Waals surface area contributed by atoms with Gasteiger partial charge in [0.1, 0.15) is 17.7 Å². The molecule has 214 valence electrons. The highest BCUT2D eigenvalue weighted by Crippen LogP contribution is 2.38. The molecule has 1 aromatic carbocycles. The predicted molar refractivity (Wildman–Crippen MR) is 152 cm³/mol. The van der Waals surface area contributed by atoms with Crippen LogP contribution in [0.5, 0.6) is 11.6 Å². The Bertz CT molecular complexity index is 1260. The number of ketones is 1. The molecular weight excluding hydrogens is 513 g/mol. The Morgan fingerprint density at radius 3 is 2.65 bits per heavy atom. The van der Waals surface area contributed by atoms with Crippen molar-refractivity contribution < 1.29 is 28.2 Å². The van der Waals surface area contributed by atoms with E-state index in [1.165, 1.54) is 26.5 Å². The zero-order chi connectivity index (χ0) is 28.6. The van der Waals surface area contributed by atoms with Crippen molar-refractivity contribution >= 4 is 24.2 Å². The Morgan fingerprint density at radius 1 is 1.05 bits per heavy atom. The molecule has 1 aliphatic heterocycles. The summed E-state index contributed by atoms with van der Waals surface area (Å²) in [5, 5.41) is 0. The van der Waals surface area contributed by atoms with Crippen LogP contribution in [0.4, 0.5) is 4.39 Å². The summed E-state index contributed by atoms with van der Waals surface area (Å²) < 4.78 is 31.5. The van der Waals surface area contributed by atoms with Gasteiger partial charge in [-0.25, -0.2) is 14.2 Å². The first-order valence-corrected chi connectivity index (χ1v) is 13.9. The van der Waals surface area contributed by atoms with Crippen molar-refractivity contribution in [1.29, 1.82) is 0 Å². The first kappa shape index (κ1) is 29.4. The van der Waals surface area contributed by atoms with Gasteiger partial charge >= 0.3 is 5.97 Å². The van der Waals surface area contributed by atoms with Gasteiger partial charge in [0.15, 0.2) is 11.3 Å². The molecule has 1 aromatic heterocycles. The number of benzene rings is 1. The number of aromatic nitrogens is 1. The molecular formula is C31H38FN3O5. The average molecular weight is 552 g/mol. The highest BCUT2D eigenvalue weighted by molar-refractivity contribution is 6.16. The van der Waals surface area contributed by atoms with Gasteiger partial charge in [-0.05, 0) is 62.0 Å². The van der Waals surface area contributed by atoms with Crippen molar-refractivity contribution in [2.75, 3.05) is 20.8 Å². The van der Waals surface area contributed by atoms with E-state index in [0.29, 0.717) is 49.1 Å². The van der Waals surface area contributed by atoms with E-state index < -0.39 is 5.97 Å². The Kier molecular flexibility index (Phi) is 10.0. The summed E-state index contributed by atoms with van der Waals surface area (Å²) in [7, 11) is 2.78. The quantitative estimate of drug-likeness (QED) is 0.230. The van der Waals surface area contributed by atoms with Crippen LogP contribution in [-0.4, -0.2) is 62.1 Å². The smallest absolute Gasteiger partial charge is 0.347 e. The fourth-order valence-corrected chi connectivity index (χ4v) is 5.90. The average Bonchev–Trinajstić information content (AvgIpc) is 3.29. The number of aliphatic imine (C=N–C) groups is 2. The van der Waals surface area contributed by atoms with Crippen LogP contribution in [-0.2, 0) is 11.2 Å². The van der Waals surface area contributed by atoms with Crippen LogP contribution in [0.2, 0.25) is 0 Å². The maximum Gasteiger partial charge on any atom is 0.347 e. The molecule has 0 bridgehead atoms. The number of hydrogen-bond acceptors (Lipinski definition) is 8. The van der Waals surface area contributed by atoms with Crippen molar-refractivity contribution in [3.05, 3.63) is 53.0 Å². The van der Waals surface area contributed by atoms with E-state index in [2.05, 4.69) is 28.8 Å². The molecule has 2 heterocycles. The molecule has 0 spiro atoms. The van der Waals surface area contributed by atoms with Gasteiger partial charge in [-0.15, -0.1) is 0 Å². The third-order valence-corrected chi connectivity index (χ3v) is 8.15. The largest absolute Gasteiger partial charge is 0.496 e. The van der Waals surface area contributed by atoms with Gasteiger partial charge in [0, 0.05) is 42.7 Å². The molecule has 40 heavy (non-hydrogen) atoms. The van der Waals surface area contributed by atoms with Crippen molar-refractivity contribution in [2.24, 2.45) is 27.7 Å². The fourth-order valence-electron chi connectivity index (χ4n) is 5.90. The van der Waals surface area contributed by atoms with Crippen LogP contribution in [0.1, 0.15) is 72.2 Å². The lowest BCUT2D eigenvalue weighted by Crippen LogP contribution is -2.25. The van der Waals surface area contributed by atoms with Crippen LogP contribution in [0, 0.1) is 23.6 Å². The van der Waals surface area contributed by atoms with E-state index in [-0.39, 0.29) is 52.9 Å². The molecule has 5 atom stereocenters. The predicted octanol–water partition coefficient (Wildman–Crippen LogP) is 5.57. The SMILES string of the molecule is COC(=O)c1c(OC)ccnc1OC1CCC(C)C(CC(=O)c2cccc(F)c2CC2CCN=CC=N2)C(C)C1. The molecule has 0 amide bonds. The van der Waals surface area contributed by atoms with E-state index in [0.717, 1.165) is 12.8 Å². The summed E-state index contributed by atoms with van der Waals surface area (Å²) in [5.74, 6) is 0.0321. The number of methoxy groups -OCH3 is 2. The summed E-state index contributed by atoms with van der Waals surface area (Å²) in [6.45, 7) is 4.92. The number of pyridine rings is 1. The lowest BCUT2D eigenvalue weighted by Gasteiger charge is -2.27. The standard InChI is InChI=1S/C31H38FN3O5/c1-19-8-9-22(40-30-29(31(37)39-4)28(38-3)11-13-35-30)16-20(2)24(19)18-27(36)23-6-5-7-26(32)25(23)17-21-10-12-33-14-15-34-21/h5-7,11,13-15,19-22,24H,8-10,12,16-18H2,1-4H3. The Balaban J connectivity index is 1.48. The second-order valence-electron chi connectivity index (χ2n) is 10.7. The molecule has 4 rings (SSSR count). The van der Waals surface area contributed by atoms with Gasteiger partial charge in [-0.3, -0.25) is 14.8 Å². The van der Waals surface area contributed by atoms with Gasteiger partial charge in [0.25, 0.3) is 0 Å². The topological polar surface area (TPSA) is 99.4 Å². The Hall–Kier alpha value is -3.62. The van der Waals surface area contributed by atoms with Gasteiger partial charge in [0.05, 0.1) is 20.3 Å². The minimum Gasteiger partial charge on any atom is -0.496 e. The van der Waals surface area contributed by atoms with Crippen LogP contribution in [0.25, 0.3) is 0 Å². The first-order valence-electron chi connectivity index (χ1n) is 13.9. The maximum absolute atomic E-state index is 15.0. The molecule has 0 N–H and O–H groups in total. The van der Waals surface area contributed by atoms with Crippen LogP contribution >= 0.6 is 0 Å². The second-order valence-corrected chi connectivity index (χ2v) is 10.7. The number of rotatable bonds is 9. The Labute approximate surface area is 235 Å². The van der Waals surface area contributed by atoms with E-state index in [1.807, 2.05) is 0 Å². The molecule has 0 saturated heterocycles. The van der Waals surface area contributed by atoms with Gasteiger partial charge in [0.2, 0.25) is 5.88 Å². The molecule has 2 aliphatic rings. The van der Waals surface area contributed by atoms with Crippen molar-refractivity contribution in [1.82, 2.24) is 4.98 Å². The normalized spacial score (nSPS) is 24.6. The van der Waals surface area contributed by atoms with Crippen LogP contribution in [0.15, 0.2) is 40.4 Å². The van der Waals surface area contributed by atoms with Crippen molar-refractivity contribution in [3.8, 4) is 11.6 Å². The summed E-state index contributed by atoms with van der Waals surface area (Å²) in [6, 6.07) is 6.24. The number of carbonyl (C=O) groups is 2. The summed E-state index contributed by atoms with van der Waals surface area (Å²) in [4.78, 5) is 39.1. The highest BCUT2D eigenvalue weighted by atomic mass is 19.1. The van der Waals surface area contributed by atoms with E-state index in [4.69, 9.17) is 14.2 Å². The number of carbonyl (C=O) groups excluding carboxylic acids is 2. The van der Waals surface area contributed by atoms with E-state index >= 15 is 0 Å². The van der Waals surface area contributed by atoms with Crippen LogP contribution < -0.4 is 9.47 Å². The molecule has 1 saturated carbocycles.